The molecule has 0 aliphatic heterocycles. The number of hydrogen-bond donors (Lipinski definition) is 2. The predicted octanol–water partition coefficient (Wildman–Crippen LogP) is 3.99. The number of anilines is 2. The fourth-order valence-corrected chi connectivity index (χ4v) is 3.53. The Kier molecular flexibility index (Phi) is 5.72. The molecule has 2 heterocycles. The first-order chi connectivity index (χ1) is 15.0. The minimum absolute atomic E-state index is 0.158. The zero-order valence-corrected chi connectivity index (χ0v) is 17.6. The zero-order valence-electron chi connectivity index (χ0n) is 16.8. The van der Waals surface area contributed by atoms with E-state index in [4.69, 9.17) is 10.3 Å². The summed E-state index contributed by atoms with van der Waals surface area (Å²) >= 11 is 1.34. The van der Waals surface area contributed by atoms with Gasteiger partial charge in [0, 0.05) is 11.3 Å². The second kappa shape index (κ2) is 8.60. The Morgan fingerprint density at radius 2 is 2.03 bits per heavy atom. The molecule has 2 aromatic heterocycles. The number of nitrogens with two attached hydrogens (primary N) is 1. The van der Waals surface area contributed by atoms with E-state index in [1.165, 1.54) is 22.5 Å². The highest BCUT2D eigenvalue weighted by molar-refractivity contribution is 7.98. The standard InChI is InChI=1S/C21H19FN6O2S/c1-12-8-9-14(10-15(12)22)24-16(29)11-28-18(23)17(21(26-28)31-2)20-25-19(27-30-20)13-6-4-3-5-7-13/h3-10H,11,23H2,1-2H3,(H,24,29). The third-order valence-corrected chi connectivity index (χ3v) is 5.25. The summed E-state index contributed by atoms with van der Waals surface area (Å²) in [5.74, 6) is 0.0703. The Hall–Kier alpha value is -3.66. The highest BCUT2D eigenvalue weighted by Gasteiger charge is 2.23. The van der Waals surface area contributed by atoms with Gasteiger partial charge < -0.3 is 15.6 Å². The molecule has 4 aromatic rings. The maximum Gasteiger partial charge on any atom is 0.264 e. The van der Waals surface area contributed by atoms with Crippen LogP contribution in [0.3, 0.4) is 0 Å². The van der Waals surface area contributed by atoms with E-state index in [-0.39, 0.29) is 18.3 Å². The van der Waals surface area contributed by atoms with Crippen LogP contribution in [0.15, 0.2) is 58.1 Å². The maximum absolute atomic E-state index is 13.7. The van der Waals surface area contributed by atoms with E-state index in [0.29, 0.717) is 27.7 Å². The van der Waals surface area contributed by atoms with Crippen molar-refractivity contribution in [3.63, 3.8) is 0 Å². The van der Waals surface area contributed by atoms with Crippen molar-refractivity contribution in [1.29, 1.82) is 0 Å². The molecule has 4 rings (SSSR count). The quantitative estimate of drug-likeness (QED) is 0.438. The van der Waals surface area contributed by atoms with Crippen LogP contribution in [-0.2, 0) is 11.3 Å². The van der Waals surface area contributed by atoms with Crippen LogP contribution in [0.1, 0.15) is 5.56 Å². The minimum atomic E-state index is -0.396. The van der Waals surface area contributed by atoms with Gasteiger partial charge in [-0.2, -0.15) is 10.1 Å². The molecule has 158 valence electrons. The van der Waals surface area contributed by atoms with E-state index in [2.05, 4.69) is 20.6 Å². The summed E-state index contributed by atoms with van der Waals surface area (Å²) < 4.78 is 20.5. The van der Waals surface area contributed by atoms with Crippen molar-refractivity contribution in [2.24, 2.45) is 0 Å². The van der Waals surface area contributed by atoms with E-state index in [1.807, 2.05) is 36.6 Å². The Morgan fingerprint density at radius 3 is 2.74 bits per heavy atom. The molecule has 0 unspecified atom stereocenters. The monoisotopic (exact) mass is 438 g/mol. The van der Waals surface area contributed by atoms with Crippen LogP contribution in [-0.4, -0.2) is 32.1 Å². The van der Waals surface area contributed by atoms with Crippen LogP contribution in [0, 0.1) is 12.7 Å². The summed E-state index contributed by atoms with van der Waals surface area (Å²) in [7, 11) is 0. The Balaban J connectivity index is 1.58. The lowest BCUT2D eigenvalue weighted by Crippen LogP contribution is -2.20. The van der Waals surface area contributed by atoms with Gasteiger partial charge in [0.2, 0.25) is 11.7 Å². The molecule has 0 aliphatic carbocycles. The van der Waals surface area contributed by atoms with Crippen molar-refractivity contribution >= 4 is 29.2 Å². The van der Waals surface area contributed by atoms with Gasteiger partial charge in [-0.25, -0.2) is 9.07 Å². The van der Waals surface area contributed by atoms with E-state index >= 15 is 0 Å². The molecule has 0 atom stereocenters. The molecule has 3 N–H and O–H groups in total. The predicted molar refractivity (Wildman–Crippen MR) is 117 cm³/mol. The first-order valence-electron chi connectivity index (χ1n) is 9.32. The lowest BCUT2D eigenvalue weighted by atomic mass is 10.2. The van der Waals surface area contributed by atoms with Crippen molar-refractivity contribution < 1.29 is 13.7 Å². The summed E-state index contributed by atoms with van der Waals surface area (Å²) in [6.07, 6.45) is 1.83. The number of carbonyl (C=O) groups is 1. The molecule has 10 heteroatoms. The zero-order chi connectivity index (χ0) is 22.0. The molecule has 0 bridgehead atoms. The van der Waals surface area contributed by atoms with Gasteiger partial charge in [-0.05, 0) is 30.9 Å². The number of halogens is 1. The van der Waals surface area contributed by atoms with Gasteiger partial charge in [0.15, 0.2) is 0 Å². The molecule has 0 radical (unpaired) electrons. The van der Waals surface area contributed by atoms with Crippen LogP contribution in [0.4, 0.5) is 15.9 Å². The average Bonchev–Trinajstić information content (AvgIpc) is 3.36. The van der Waals surface area contributed by atoms with Crippen LogP contribution in [0.5, 0.6) is 0 Å². The largest absolute Gasteiger partial charge is 0.383 e. The van der Waals surface area contributed by atoms with Gasteiger partial charge in [0.25, 0.3) is 5.89 Å². The fourth-order valence-electron chi connectivity index (χ4n) is 2.95. The van der Waals surface area contributed by atoms with Crippen molar-refractivity contribution in [3.05, 3.63) is 59.9 Å². The molecule has 2 aromatic carbocycles. The third kappa shape index (κ3) is 4.29. The summed E-state index contributed by atoms with van der Waals surface area (Å²) in [5.41, 5.74) is 8.39. The minimum Gasteiger partial charge on any atom is -0.383 e. The molecule has 8 nitrogen and oxygen atoms in total. The van der Waals surface area contributed by atoms with Gasteiger partial charge in [-0.15, -0.1) is 11.8 Å². The molecule has 0 fully saturated rings. The molecular formula is C21H19FN6O2S. The summed E-state index contributed by atoms with van der Waals surface area (Å²) in [4.78, 5) is 16.9. The summed E-state index contributed by atoms with van der Waals surface area (Å²) in [6.45, 7) is 1.49. The lowest BCUT2D eigenvalue weighted by Gasteiger charge is -2.07. The van der Waals surface area contributed by atoms with E-state index in [0.717, 1.165) is 5.56 Å². The topological polar surface area (TPSA) is 112 Å². The van der Waals surface area contributed by atoms with Crippen LogP contribution < -0.4 is 11.1 Å². The average molecular weight is 438 g/mol. The summed E-state index contributed by atoms with van der Waals surface area (Å²) in [5, 5.41) is 11.6. The number of nitrogen functional groups attached to an aromatic ring is 1. The van der Waals surface area contributed by atoms with Gasteiger partial charge in [-0.3, -0.25) is 4.79 Å². The lowest BCUT2D eigenvalue weighted by molar-refractivity contribution is -0.116. The van der Waals surface area contributed by atoms with E-state index in [9.17, 15) is 9.18 Å². The second-order valence-electron chi connectivity index (χ2n) is 6.73. The highest BCUT2D eigenvalue weighted by Crippen LogP contribution is 2.34. The fraction of sp³-hybridized carbons (Fsp3) is 0.143. The van der Waals surface area contributed by atoms with Gasteiger partial charge in [0.05, 0.1) is 0 Å². The number of carbonyl (C=O) groups excluding carboxylic acids is 1. The van der Waals surface area contributed by atoms with E-state index < -0.39 is 11.7 Å². The van der Waals surface area contributed by atoms with Gasteiger partial charge in [-0.1, -0.05) is 41.6 Å². The molecule has 0 aliphatic rings. The number of aromatic nitrogens is 4. The number of nitrogens with zero attached hydrogens (tertiary/aromatic N) is 4. The number of thioether (sulfide) groups is 1. The molecule has 0 saturated heterocycles. The Morgan fingerprint density at radius 1 is 1.26 bits per heavy atom. The first kappa shape index (κ1) is 20.6. The van der Waals surface area contributed by atoms with Crippen molar-refractivity contribution in [2.45, 2.75) is 18.5 Å². The summed E-state index contributed by atoms with van der Waals surface area (Å²) in [6, 6.07) is 13.9. The molecule has 0 saturated carbocycles. The highest BCUT2D eigenvalue weighted by atomic mass is 32.2. The molecular weight excluding hydrogens is 419 g/mol. The number of nitrogens with one attached hydrogen (secondary N) is 1. The van der Waals surface area contributed by atoms with Crippen molar-refractivity contribution in [1.82, 2.24) is 19.9 Å². The number of benzene rings is 2. The number of hydrogen-bond acceptors (Lipinski definition) is 7. The van der Waals surface area contributed by atoms with Crippen molar-refractivity contribution in [3.8, 4) is 22.8 Å². The SMILES string of the molecule is CSc1nn(CC(=O)Nc2ccc(C)c(F)c2)c(N)c1-c1nc(-c2ccccc2)no1. The number of amides is 1. The van der Waals surface area contributed by atoms with Crippen LogP contribution >= 0.6 is 11.8 Å². The molecule has 0 spiro atoms. The number of aryl methyl sites for hydroxylation is 1. The smallest absolute Gasteiger partial charge is 0.264 e. The normalized spacial score (nSPS) is 10.9. The van der Waals surface area contributed by atoms with Gasteiger partial charge >= 0.3 is 0 Å². The molecule has 1 amide bonds. The number of rotatable bonds is 6. The van der Waals surface area contributed by atoms with Gasteiger partial charge in [0.1, 0.15) is 28.8 Å². The van der Waals surface area contributed by atoms with Crippen LogP contribution in [0.25, 0.3) is 22.8 Å². The second-order valence-corrected chi connectivity index (χ2v) is 7.52. The Labute approximate surface area is 181 Å². The first-order valence-corrected chi connectivity index (χ1v) is 10.5. The maximum atomic E-state index is 13.7. The Bertz CT molecular complexity index is 1240. The third-order valence-electron chi connectivity index (χ3n) is 4.57. The van der Waals surface area contributed by atoms with E-state index in [1.54, 1.807) is 19.1 Å². The van der Waals surface area contributed by atoms with Crippen molar-refractivity contribution in [2.75, 3.05) is 17.3 Å². The van der Waals surface area contributed by atoms with Crippen LogP contribution in [0.2, 0.25) is 0 Å². The molecule has 31 heavy (non-hydrogen) atoms.